The second-order valence-corrected chi connectivity index (χ2v) is 5.42. The maximum atomic E-state index is 12.2. The highest BCUT2D eigenvalue weighted by atomic mass is 16.5. The van der Waals surface area contributed by atoms with Crippen LogP contribution in [0.1, 0.15) is 11.1 Å². The molecular formula is C18H16O4. The molecule has 0 aliphatic heterocycles. The van der Waals surface area contributed by atoms with Crippen LogP contribution in [-0.2, 0) is 19.7 Å². The van der Waals surface area contributed by atoms with Crippen molar-refractivity contribution in [3.05, 3.63) is 71.8 Å². The summed E-state index contributed by atoms with van der Waals surface area (Å²) >= 11 is 0. The maximum absolute atomic E-state index is 12.2. The average molecular weight is 296 g/mol. The van der Waals surface area contributed by atoms with Crippen molar-refractivity contribution < 1.29 is 19.4 Å². The van der Waals surface area contributed by atoms with Crippen LogP contribution in [0.15, 0.2) is 60.7 Å². The van der Waals surface area contributed by atoms with Crippen molar-refractivity contribution in [3.8, 4) is 0 Å². The maximum Gasteiger partial charge on any atom is 0.310 e. The van der Waals surface area contributed by atoms with Crippen molar-refractivity contribution in [2.75, 3.05) is 7.11 Å². The van der Waals surface area contributed by atoms with E-state index in [4.69, 9.17) is 4.74 Å². The van der Waals surface area contributed by atoms with Crippen molar-refractivity contribution in [1.29, 1.82) is 0 Å². The standard InChI is InChI=1S/C18H16O4/c1-22-17(21)15-14(16(19)20)18(15,12-8-4-2-5-9-12)13-10-6-3-7-11-13/h2-11,14-15H,1H3,(H,19,20). The number of carbonyl (C=O) groups excluding carboxylic acids is 1. The monoisotopic (exact) mass is 296 g/mol. The minimum Gasteiger partial charge on any atom is -0.481 e. The first kappa shape index (κ1) is 14.3. The van der Waals surface area contributed by atoms with E-state index in [0.29, 0.717) is 0 Å². The fourth-order valence-electron chi connectivity index (χ4n) is 3.49. The van der Waals surface area contributed by atoms with E-state index in [1.165, 1.54) is 7.11 Å². The van der Waals surface area contributed by atoms with Crippen LogP contribution in [0, 0.1) is 11.8 Å². The molecule has 22 heavy (non-hydrogen) atoms. The van der Waals surface area contributed by atoms with E-state index in [9.17, 15) is 14.7 Å². The minimum atomic E-state index is -0.983. The second kappa shape index (κ2) is 5.30. The summed E-state index contributed by atoms with van der Waals surface area (Å²) < 4.78 is 4.85. The predicted octanol–water partition coefficient (Wildman–Crippen LogP) is 2.48. The molecule has 0 aromatic heterocycles. The number of hydrogen-bond donors (Lipinski definition) is 1. The molecule has 0 saturated heterocycles. The smallest absolute Gasteiger partial charge is 0.310 e. The van der Waals surface area contributed by atoms with Crippen LogP contribution in [-0.4, -0.2) is 24.2 Å². The molecule has 1 N–H and O–H groups in total. The zero-order valence-corrected chi connectivity index (χ0v) is 12.1. The first-order valence-electron chi connectivity index (χ1n) is 7.05. The number of aliphatic carboxylic acids is 1. The molecule has 0 bridgehead atoms. The van der Waals surface area contributed by atoms with Crippen LogP contribution in [0.4, 0.5) is 0 Å². The highest BCUT2D eigenvalue weighted by molar-refractivity contribution is 5.93. The molecule has 2 unspecified atom stereocenters. The van der Waals surface area contributed by atoms with Crippen LogP contribution >= 0.6 is 0 Å². The SMILES string of the molecule is COC(=O)C1C(C(=O)O)C1(c1ccccc1)c1ccccc1. The molecule has 1 saturated carbocycles. The number of ether oxygens (including phenoxy) is 1. The van der Waals surface area contributed by atoms with Gasteiger partial charge in [0.05, 0.1) is 18.9 Å². The Morgan fingerprint density at radius 2 is 1.36 bits per heavy atom. The Hall–Kier alpha value is -2.62. The van der Waals surface area contributed by atoms with Gasteiger partial charge in [-0.2, -0.15) is 0 Å². The van der Waals surface area contributed by atoms with E-state index in [-0.39, 0.29) is 0 Å². The molecule has 112 valence electrons. The van der Waals surface area contributed by atoms with Gasteiger partial charge in [-0.15, -0.1) is 0 Å². The highest BCUT2D eigenvalue weighted by Crippen LogP contribution is 2.64. The summed E-state index contributed by atoms with van der Waals surface area (Å²) in [6.45, 7) is 0. The topological polar surface area (TPSA) is 63.6 Å². The molecule has 4 nitrogen and oxygen atoms in total. The van der Waals surface area contributed by atoms with E-state index in [1.54, 1.807) is 0 Å². The van der Waals surface area contributed by atoms with Crippen molar-refractivity contribution >= 4 is 11.9 Å². The number of carbonyl (C=O) groups is 2. The number of esters is 1. The molecule has 0 amide bonds. The molecule has 1 fully saturated rings. The largest absolute Gasteiger partial charge is 0.481 e. The summed E-state index contributed by atoms with van der Waals surface area (Å²) in [5, 5.41) is 9.62. The lowest BCUT2D eigenvalue weighted by molar-refractivity contribution is -0.146. The van der Waals surface area contributed by atoms with Gasteiger partial charge in [-0.25, -0.2) is 0 Å². The third-order valence-electron chi connectivity index (χ3n) is 4.43. The van der Waals surface area contributed by atoms with Gasteiger partial charge < -0.3 is 9.84 Å². The number of benzene rings is 2. The Bertz CT molecular complexity index is 654. The van der Waals surface area contributed by atoms with E-state index >= 15 is 0 Å². The molecule has 2 aromatic rings. The summed E-state index contributed by atoms with van der Waals surface area (Å²) in [5.74, 6) is -2.99. The van der Waals surface area contributed by atoms with Crippen LogP contribution in [0.25, 0.3) is 0 Å². The van der Waals surface area contributed by atoms with E-state index in [0.717, 1.165) is 11.1 Å². The second-order valence-electron chi connectivity index (χ2n) is 5.42. The van der Waals surface area contributed by atoms with Crippen molar-refractivity contribution in [3.63, 3.8) is 0 Å². The van der Waals surface area contributed by atoms with Gasteiger partial charge in [-0.3, -0.25) is 9.59 Å². The van der Waals surface area contributed by atoms with Gasteiger partial charge in [0.25, 0.3) is 0 Å². The molecule has 0 heterocycles. The van der Waals surface area contributed by atoms with Crippen molar-refractivity contribution in [1.82, 2.24) is 0 Å². The number of hydrogen-bond acceptors (Lipinski definition) is 3. The van der Waals surface area contributed by atoms with Crippen LogP contribution in [0.5, 0.6) is 0 Å². The Morgan fingerprint density at radius 3 is 1.73 bits per heavy atom. The Balaban J connectivity index is 2.21. The summed E-state index contributed by atoms with van der Waals surface area (Å²) in [4.78, 5) is 23.9. The lowest BCUT2D eigenvalue weighted by Gasteiger charge is -2.18. The van der Waals surface area contributed by atoms with Gasteiger partial charge in [0.2, 0.25) is 0 Å². The van der Waals surface area contributed by atoms with Crippen LogP contribution in [0.2, 0.25) is 0 Å². The Kier molecular flexibility index (Phi) is 3.45. The lowest BCUT2D eigenvalue weighted by Crippen LogP contribution is -2.19. The first-order chi connectivity index (χ1) is 10.6. The van der Waals surface area contributed by atoms with Gasteiger partial charge in [-0.05, 0) is 11.1 Å². The molecule has 0 radical (unpaired) electrons. The average Bonchev–Trinajstić information content (AvgIpc) is 3.27. The molecule has 3 rings (SSSR count). The minimum absolute atomic E-state index is 0.486. The summed E-state index contributed by atoms with van der Waals surface area (Å²) in [5.41, 5.74) is 0.787. The summed E-state index contributed by atoms with van der Waals surface area (Å²) in [7, 11) is 1.29. The number of methoxy groups -OCH3 is 1. The fourth-order valence-corrected chi connectivity index (χ4v) is 3.49. The summed E-state index contributed by atoms with van der Waals surface area (Å²) in [6.07, 6.45) is 0. The molecule has 1 aliphatic rings. The van der Waals surface area contributed by atoms with Crippen LogP contribution < -0.4 is 0 Å². The number of carboxylic acids is 1. The third kappa shape index (κ3) is 1.91. The zero-order chi connectivity index (χ0) is 15.7. The third-order valence-corrected chi connectivity index (χ3v) is 4.43. The van der Waals surface area contributed by atoms with Crippen molar-refractivity contribution in [2.24, 2.45) is 11.8 Å². The number of rotatable bonds is 4. The Morgan fingerprint density at radius 1 is 0.909 bits per heavy atom. The molecule has 2 atom stereocenters. The molecular weight excluding hydrogens is 280 g/mol. The predicted molar refractivity (Wildman–Crippen MR) is 80.3 cm³/mol. The van der Waals surface area contributed by atoms with Gasteiger partial charge in [-0.1, -0.05) is 60.7 Å². The quantitative estimate of drug-likeness (QED) is 0.880. The van der Waals surface area contributed by atoms with E-state index < -0.39 is 29.2 Å². The van der Waals surface area contributed by atoms with Crippen molar-refractivity contribution in [2.45, 2.75) is 5.41 Å². The summed E-state index contributed by atoms with van der Waals surface area (Å²) in [6, 6.07) is 18.6. The highest BCUT2D eigenvalue weighted by Gasteiger charge is 2.74. The molecule has 4 heteroatoms. The lowest BCUT2D eigenvalue weighted by atomic mass is 9.84. The molecule has 2 aromatic carbocycles. The normalized spacial score (nSPS) is 21.9. The Labute approximate surface area is 128 Å². The zero-order valence-electron chi connectivity index (χ0n) is 12.1. The van der Waals surface area contributed by atoms with Gasteiger partial charge >= 0.3 is 11.9 Å². The van der Waals surface area contributed by atoms with Crippen LogP contribution in [0.3, 0.4) is 0 Å². The van der Waals surface area contributed by atoms with E-state index in [1.807, 2.05) is 60.7 Å². The van der Waals surface area contributed by atoms with E-state index in [2.05, 4.69) is 0 Å². The molecule has 0 spiro atoms. The number of carboxylic acid groups (broad SMARTS) is 1. The fraction of sp³-hybridized carbons (Fsp3) is 0.222. The van der Waals surface area contributed by atoms with Gasteiger partial charge in [0, 0.05) is 5.41 Å². The molecule has 1 aliphatic carbocycles. The van der Waals surface area contributed by atoms with Gasteiger partial charge in [0.1, 0.15) is 0 Å². The van der Waals surface area contributed by atoms with Gasteiger partial charge in [0.15, 0.2) is 0 Å². The first-order valence-corrected chi connectivity index (χ1v) is 7.05.